The molecule has 2 rings (SSSR count). The molecule has 0 bridgehead atoms. The van der Waals surface area contributed by atoms with Crippen LogP contribution in [0.15, 0.2) is 42.5 Å². The summed E-state index contributed by atoms with van der Waals surface area (Å²) < 4.78 is 0. The number of nitrogens with zero attached hydrogens (tertiary/aromatic N) is 1. The number of carbonyl (C=O) groups is 2. The number of phenols is 2. The molecule has 0 aromatic heterocycles. The molecule has 2 aromatic rings. The average molecular weight is 300 g/mol. The predicted molar refractivity (Wildman–Crippen MR) is 83.3 cm³/mol. The van der Waals surface area contributed by atoms with Gasteiger partial charge in [0.25, 0.3) is 0 Å². The van der Waals surface area contributed by atoms with Crippen molar-refractivity contribution in [3.63, 3.8) is 0 Å². The highest BCUT2D eigenvalue weighted by Gasteiger charge is 2.21. The maximum atomic E-state index is 12.1. The third kappa shape index (κ3) is 3.17. The second-order valence-electron chi connectivity index (χ2n) is 4.73. The number of amides is 2. The van der Waals surface area contributed by atoms with Gasteiger partial charge in [-0.1, -0.05) is 12.1 Å². The van der Waals surface area contributed by atoms with Gasteiger partial charge in [0.15, 0.2) is 0 Å². The maximum Gasteiger partial charge on any atom is 0.228 e. The quantitative estimate of drug-likeness (QED) is 0.760. The Morgan fingerprint density at radius 3 is 2.27 bits per heavy atom. The monoisotopic (exact) mass is 300 g/mol. The summed E-state index contributed by atoms with van der Waals surface area (Å²) in [6.45, 7) is 2.67. The van der Waals surface area contributed by atoms with Gasteiger partial charge in [-0.05, 0) is 24.3 Å². The molecule has 22 heavy (non-hydrogen) atoms. The van der Waals surface area contributed by atoms with Gasteiger partial charge in [-0.25, -0.2) is 0 Å². The smallest absolute Gasteiger partial charge is 0.228 e. The summed E-state index contributed by atoms with van der Waals surface area (Å²) >= 11 is 0. The van der Waals surface area contributed by atoms with E-state index in [4.69, 9.17) is 0 Å². The van der Waals surface area contributed by atoms with Crippen LogP contribution in [-0.2, 0) is 9.59 Å². The van der Waals surface area contributed by atoms with Crippen LogP contribution in [0.2, 0.25) is 0 Å². The van der Waals surface area contributed by atoms with Gasteiger partial charge < -0.3 is 15.5 Å². The minimum Gasteiger partial charge on any atom is -0.508 e. The number of hydrogen-bond acceptors (Lipinski definition) is 4. The summed E-state index contributed by atoms with van der Waals surface area (Å²) in [7, 11) is 0. The summed E-state index contributed by atoms with van der Waals surface area (Å²) in [5.74, 6) is -0.841. The third-order valence-corrected chi connectivity index (χ3v) is 2.97. The SMILES string of the molecule is CC(=O)Nc1ccc(O)cc1N(C(C)=O)c1ccccc1O. The predicted octanol–water partition coefficient (Wildman–Crippen LogP) is 2.74. The van der Waals surface area contributed by atoms with Crippen molar-refractivity contribution in [1.82, 2.24) is 0 Å². The molecule has 6 nitrogen and oxygen atoms in total. The van der Waals surface area contributed by atoms with Crippen LogP contribution in [0.1, 0.15) is 13.8 Å². The van der Waals surface area contributed by atoms with Gasteiger partial charge in [-0.15, -0.1) is 0 Å². The van der Waals surface area contributed by atoms with Crippen LogP contribution in [-0.4, -0.2) is 22.0 Å². The first-order chi connectivity index (χ1) is 10.4. The lowest BCUT2D eigenvalue weighted by atomic mass is 10.2. The molecule has 0 aliphatic rings. The van der Waals surface area contributed by atoms with E-state index < -0.39 is 0 Å². The third-order valence-electron chi connectivity index (χ3n) is 2.97. The second-order valence-corrected chi connectivity index (χ2v) is 4.73. The molecule has 0 aliphatic carbocycles. The number of para-hydroxylation sites is 2. The number of anilines is 3. The van der Waals surface area contributed by atoms with Crippen molar-refractivity contribution in [2.24, 2.45) is 0 Å². The molecule has 2 amide bonds. The Labute approximate surface area is 127 Å². The fourth-order valence-corrected chi connectivity index (χ4v) is 2.12. The molecule has 0 saturated heterocycles. The summed E-state index contributed by atoms with van der Waals surface area (Å²) in [4.78, 5) is 24.6. The first-order valence-corrected chi connectivity index (χ1v) is 6.59. The van der Waals surface area contributed by atoms with Crippen LogP contribution in [0.4, 0.5) is 17.1 Å². The lowest BCUT2D eigenvalue weighted by Crippen LogP contribution is -2.24. The van der Waals surface area contributed by atoms with E-state index in [0.717, 1.165) is 0 Å². The van der Waals surface area contributed by atoms with Gasteiger partial charge in [0.1, 0.15) is 11.5 Å². The molecule has 0 unspecified atom stereocenters. The van der Waals surface area contributed by atoms with Crippen LogP contribution < -0.4 is 10.2 Å². The molecule has 0 spiro atoms. The summed E-state index contributed by atoms with van der Waals surface area (Å²) in [6.07, 6.45) is 0. The van der Waals surface area contributed by atoms with Gasteiger partial charge in [-0.2, -0.15) is 0 Å². The zero-order chi connectivity index (χ0) is 16.3. The molecule has 0 saturated carbocycles. The maximum absolute atomic E-state index is 12.1. The number of benzene rings is 2. The molecule has 0 atom stereocenters. The topological polar surface area (TPSA) is 89.9 Å². The van der Waals surface area contributed by atoms with Gasteiger partial charge in [-0.3, -0.25) is 14.5 Å². The minimum absolute atomic E-state index is 0.0641. The zero-order valence-corrected chi connectivity index (χ0v) is 12.2. The highest BCUT2D eigenvalue weighted by Crippen LogP contribution is 2.38. The molecule has 2 aromatic carbocycles. The number of phenolic OH excluding ortho intramolecular Hbond substituents is 2. The lowest BCUT2D eigenvalue weighted by Gasteiger charge is -2.25. The van der Waals surface area contributed by atoms with Crippen LogP contribution in [0.5, 0.6) is 11.5 Å². The highest BCUT2D eigenvalue weighted by atomic mass is 16.3. The molecule has 114 valence electrons. The Balaban J connectivity index is 2.63. The first kappa shape index (κ1) is 15.4. The van der Waals surface area contributed by atoms with E-state index in [0.29, 0.717) is 5.69 Å². The zero-order valence-electron chi connectivity index (χ0n) is 12.2. The number of aromatic hydroxyl groups is 2. The van der Waals surface area contributed by atoms with Gasteiger partial charge >= 0.3 is 0 Å². The molecule has 0 radical (unpaired) electrons. The summed E-state index contributed by atoms with van der Waals surface area (Å²) in [5, 5.41) is 22.3. The fraction of sp³-hybridized carbons (Fsp3) is 0.125. The Morgan fingerprint density at radius 1 is 1.00 bits per heavy atom. The standard InChI is InChI=1S/C16H16N2O4/c1-10(19)17-13-8-7-12(21)9-15(13)18(11(2)20)14-5-3-4-6-16(14)22/h3-9,21-22H,1-2H3,(H,17,19). The van der Waals surface area contributed by atoms with Crippen LogP contribution in [0.3, 0.4) is 0 Å². The van der Waals surface area contributed by atoms with Crippen molar-refractivity contribution in [3.05, 3.63) is 42.5 Å². The number of carbonyl (C=O) groups excluding carboxylic acids is 2. The van der Waals surface area contributed by atoms with Crippen molar-refractivity contribution in [2.45, 2.75) is 13.8 Å². The van der Waals surface area contributed by atoms with Crippen LogP contribution in [0, 0.1) is 0 Å². The van der Waals surface area contributed by atoms with Crippen molar-refractivity contribution >= 4 is 28.9 Å². The summed E-state index contributed by atoms with van der Waals surface area (Å²) in [6, 6.07) is 10.6. The average Bonchev–Trinajstić information content (AvgIpc) is 2.43. The van der Waals surface area contributed by atoms with Gasteiger partial charge in [0, 0.05) is 19.9 Å². The first-order valence-electron chi connectivity index (χ1n) is 6.59. The highest BCUT2D eigenvalue weighted by molar-refractivity contribution is 6.05. The minimum atomic E-state index is -0.376. The second kappa shape index (κ2) is 6.17. The normalized spacial score (nSPS) is 10.1. The lowest BCUT2D eigenvalue weighted by molar-refractivity contribution is -0.116. The molecular weight excluding hydrogens is 284 g/mol. The fourth-order valence-electron chi connectivity index (χ4n) is 2.12. The number of hydrogen-bond donors (Lipinski definition) is 3. The molecule has 3 N–H and O–H groups in total. The van der Waals surface area contributed by atoms with E-state index in [9.17, 15) is 19.8 Å². The van der Waals surface area contributed by atoms with Crippen LogP contribution >= 0.6 is 0 Å². The van der Waals surface area contributed by atoms with Crippen molar-refractivity contribution in [3.8, 4) is 11.5 Å². The Bertz CT molecular complexity index is 728. The molecule has 6 heteroatoms. The van der Waals surface area contributed by atoms with Crippen LogP contribution in [0.25, 0.3) is 0 Å². The van der Waals surface area contributed by atoms with E-state index in [2.05, 4.69) is 5.32 Å². The Hall–Kier alpha value is -3.02. The number of nitrogens with one attached hydrogen (secondary N) is 1. The summed E-state index contributed by atoms with van der Waals surface area (Å²) in [5.41, 5.74) is 0.875. The molecule has 0 aliphatic heterocycles. The van der Waals surface area contributed by atoms with E-state index in [1.54, 1.807) is 18.2 Å². The van der Waals surface area contributed by atoms with Gasteiger partial charge in [0.05, 0.1) is 17.1 Å². The van der Waals surface area contributed by atoms with E-state index in [1.165, 1.54) is 43.0 Å². The van der Waals surface area contributed by atoms with Crippen molar-refractivity contribution in [2.75, 3.05) is 10.2 Å². The Kier molecular flexibility index (Phi) is 4.31. The molecular formula is C16H16N2O4. The van der Waals surface area contributed by atoms with E-state index >= 15 is 0 Å². The molecule has 0 heterocycles. The van der Waals surface area contributed by atoms with E-state index in [-0.39, 0.29) is 34.7 Å². The van der Waals surface area contributed by atoms with Crippen molar-refractivity contribution in [1.29, 1.82) is 0 Å². The largest absolute Gasteiger partial charge is 0.508 e. The molecule has 0 fully saturated rings. The van der Waals surface area contributed by atoms with Gasteiger partial charge in [0.2, 0.25) is 11.8 Å². The number of rotatable bonds is 3. The van der Waals surface area contributed by atoms with E-state index in [1.807, 2.05) is 0 Å². The Morgan fingerprint density at radius 2 is 1.68 bits per heavy atom. The van der Waals surface area contributed by atoms with Crippen molar-refractivity contribution < 1.29 is 19.8 Å².